The van der Waals surface area contributed by atoms with Gasteiger partial charge in [0.1, 0.15) is 0 Å². The Kier molecular flexibility index (Phi) is 5.39. The van der Waals surface area contributed by atoms with Crippen LogP contribution in [0.3, 0.4) is 0 Å². The van der Waals surface area contributed by atoms with Crippen LogP contribution in [0.4, 0.5) is 0 Å². The van der Waals surface area contributed by atoms with E-state index in [1.165, 1.54) is 54.6 Å². The van der Waals surface area contributed by atoms with E-state index in [4.69, 9.17) is 0 Å². The van der Waals surface area contributed by atoms with Gasteiger partial charge in [-0.15, -0.1) is 0 Å². The molecule has 3 aromatic carbocycles. The highest BCUT2D eigenvalue weighted by Gasteiger charge is 2.46. The molecule has 3 aromatic rings. The van der Waals surface area contributed by atoms with Crippen LogP contribution in [0.1, 0.15) is 0 Å². The smallest absolute Gasteiger partial charge is 0.205 e. The normalized spacial score (nSPS) is 12.8. The Balaban J connectivity index is 2.33. The second kappa shape index (κ2) is 7.47. The Bertz CT molecular complexity index is 1110. The molecule has 0 atom stereocenters. The second-order valence-electron chi connectivity index (χ2n) is 5.59. The van der Waals surface area contributed by atoms with Gasteiger partial charge in [0.2, 0.25) is 0 Å². The highest BCUT2D eigenvalue weighted by Crippen LogP contribution is 2.31. The maximum atomic E-state index is 13.1. The molecule has 7 nitrogen and oxygen atoms in total. The third-order valence-corrected chi connectivity index (χ3v) is 11.0. The quantitative estimate of drug-likeness (QED) is 0.586. The van der Waals surface area contributed by atoms with Crippen LogP contribution in [0.25, 0.3) is 0 Å². The van der Waals surface area contributed by atoms with Crippen molar-refractivity contribution in [3.05, 3.63) is 91.0 Å². The molecule has 0 saturated carbocycles. The van der Waals surface area contributed by atoms with Crippen LogP contribution in [0, 0.1) is 0 Å². The molecule has 10 heteroatoms. The zero-order valence-corrected chi connectivity index (χ0v) is 16.7. The monoisotopic (exact) mass is 437 g/mol. The first-order valence-electron chi connectivity index (χ1n) is 7.89. The van der Waals surface area contributed by atoms with E-state index in [1.807, 2.05) is 0 Å². The van der Waals surface area contributed by atoms with Gasteiger partial charge in [-0.25, -0.2) is 25.3 Å². The van der Waals surface area contributed by atoms with Crippen LogP contribution >= 0.6 is 0 Å². The van der Waals surface area contributed by atoms with Gasteiger partial charge in [0.15, 0.2) is 0 Å². The zero-order chi connectivity index (χ0) is 20.4. The molecule has 3 rings (SSSR count). The second-order valence-corrected chi connectivity index (χ2v) is 11.6. The summed E-state index contributed by atoms with van der Waals surface area (Å²) in [5, 5.41) is 0. The molecular formula is C18H15NO6S3. The molecule has 0 N–H and O–H groups in total. The summed E-state index contributed by atoms with van der Waals surface area (Å²) in [6.07, 6.45) is 0. The molecule has 146 valence electrons. The van der Waals surface area contributed by atoms with E-state index in [1.54, 1.807) is 0 Å². The molecular weight excluding hydrogens is 422 g/mol. The maximum absolute atomic E-state index is 13.1. The maximum Gasteiger partial charge on any atom is 0.270 e. The minimum Gasteiger partial charge on any atom is -0.205 e. The molecule has 0 aromatic heterocycles. The van der Waals surface area contributed by atoms with Crippen molar-refractivity contribution in [3.63, 3.8) is 0 Å². The summed E-state index contributed by atoms with van der Waals surface area (Å²) in [5.74, 6) is 0. The van der Waals surface area contributed by atoms with Gasteiger partial charge in [-0.3, -0.25) is 0 Å². The SMILES string of the molecule is O=S(=O)(c1ccccc1)N(S(=O)(=O)c1ccccc1)S(=O)(=O)c1ccccc1. The van der Waals surface area contributed by atoms with Crippen molar-refractivity contribution >= 4 is 30.1 Å². The Labute approximate surface area is 164 Å². The fourth-order valence-electron chi connectivity index (χ4n) is 2.42. The van der Waals surface area contributed by atoms with E-state index in [-0.39, 0.29) is 0 Å². The summed E-state index contributed by atoms with van der Waals surface area (Å²) in [6, 6.07) is 19.6. The van der Waals surface area contributed by atoms with E-state index >= 15 is 0 Å². The van der Waals surface area contributed by atoms with Gasteiger partial charge in [0.05, 0.1) is 14.7 Å². The van der Waals surface area contributed by atoms with E-state index in [2.05, 4.69) is 0 Å². The molecule has 0 heterocycles. The molecule has 0 bridgehead atoms. The van der Waals surface area contributed by atoms with Crippen molar-refractivity contribution in [2.45, 2.75) is 14.7 Å². The Morgan fingerprint density at radius 3 is 0.821 bits per heavy atom. The molecule has 0 amide bonds. The Hall–Kier alpha value is -2.53. The summed E-state index contributed by atoms with van der Waals surface area (Å²) in [7, 11) is -14.9. The summed E-state index contributed by atoms with van der Waals surface area (Å²) >= 11 is 0. The van der Waals surface area contributed by atoms with E-state index in [0.717, 1.165) is 36.4 Å². The predicted octanol–water partition coefficient (Wildman–Crippen LogP) is 2.46. The average molecular weight is 438 g/mol. The van der Waals surface area contributed by atoms with Gasteiger partial charge in [-0.1, -0.05) is 54.6 Å². The molecule has 0 aliphatic carbocycles. The highest BCUT2D eigenvalue weighted by molar-refractivity contribution is 8.17. The number of hydrogen-bond acceptors (Lipinski definition) is 6. The first kappa shape index (κ1) is 20.2. The lowest BCUT2D eigenvalue weighted by Crippen LogP contribution is -2.41. The van der Waals surface area contributed by atoms with Crippen molar-refractivity contribution in [2.24, 2.45) is 0 Å². The number of rotatable bonds is 6. The molecule has 0 unspecified atom stereocenters. The van der Waals surface area contributed by atoms with Crippen molar-refractivity contribution in [2.75, 3.05) is 0 Å². The van der Waals surface area contributed by atoms with Crippen molar-refractivity contribution < 1.29 is 25.3 Å². The lowest BCUT2D eigenvalue weighted by Gasteiger charge is -2.21. The first-order valence-corrected chi connectivity index (χ1v) is 12.2. The first-order chi connectivity index (χ1) is 13.2. The topological polar surface area (TPSA) is 106 Å². The van der Waals surface area contributed by atoms with Gasteiger partial charge in [0, 0.05) is 3.12 Å². The minimum absolute atomic E-state index is 0.410. The lowest BCUT2D eigenvalue weighted by atomic mass is 10.4. The van der Waals surface area contributed by atoms with Gasteiger partial charge >= 0.3 is 0 Å². The van der Waals surface area contributed by atoms with Gasteiger partial charge in [-0.2, -0.15) is 0 Å². The Morgan fingerprint density at radius 1 is 0.393 bits per heavy atom. The highest BCUT2D eigenvalue weighted by atomic mass is 32.3. The minimum atomic E-state index is -4.96. The van der Waals surface area contributed by atoms with Crippen LogP contribution in [-0.4, -0.2) is 28.4 Å². The third-order valence-electron chi connectivity index (χ3n) is 3.71. The summed E-state index contributed by atoms with van der Waals surface area (Å²) in [4.78, 5) is -1.39. The molecule has 0 fully saturated rings. The van der Waals surface area contributed by atoms with E-state index in [0.29, 0.717) is 0 Å². The molecule has 0 radical (unpaired) electrons. The molecule has 28 heavy (non-hydrogen) atoms. The number of hydrogen-bond donors (Lipinski definition) is 0. The van der Waals surface area contributed by atoms with Crippen molar-refractivity contribution in [3.8, 4) is 0 Å². The third kappa shape index (κ3) is 3.59. The number of benzene rings is 3. The van der Waals surface area contributed by atoms with Crippen LogP contribution in [0.5, 0.6) is 0 Å². The summed E-state index contributed by atoms with van der Waals surface area (Å²) in [6.45, 7) is 0. The number of sulfonamides is 3. The summed E-state index contributed by atoms with van der Waals surface area (Å²) < 4.78 is 78.4. The average Bonchev–Trinajstić information content (AvgIpc) is 2.69. The van der Waals surface area contributed by atoms with E-state index < -0.39 is 47.9 Å². The summed E-state index contributed by atoms with van der Waals surface area (Å²) in [5.41, 5.74) is 0. The van der Waals surface area contributed by atoms with Crippen molar-refractivity contribution in [1.29, 1.82) is 0 Å². The van der Waals surface area contributed by atoms with Crippen molar-refractivity contribution in [1.82, 2.24) is 3.12 Å². The molecule has 0 spiro atoms. The molecule has 0 aliphatic heterocycles. The largest absolute Gasteiger partial charge is 0.270 e. The standard InChI is InChI=1S/C18H15NO6S3/c20-26(21,16-10-4-1-5-11-16)19(27(22,23)17-12-6-2-7-13-17)28(24,25)18-14-8-3-9-15-18/h1-15H. The fourth-order valence-corrected chi connectivity index (χ4v) is 9.09. The lowest BCUT2D eigenvalue weighted by molar-refractivity contribution is 0.529. The molecule has 0 aliphatic rings. The number of nitrogens with zero attached hydrogens (tertiary/aromatic N) is 1. The van der Waals surface area contributed by atoms with Gasteiger partial charge in [-0.05, 0) is 36.4 Å². The van der Waals surface area contributed by atoms with Gasteiger partial charge < -0.3 is 0 Å². The predicted molar refractivity (Wildman–Crippen MR) is 103 cm³/mol. The van der Waals surface area contributed by atoms with Crippen LogP contribution in [0.2, 0.25) is 0 Å². The molecule has 0 saturated heterocycles. The van der Waals surface area contributed by atoms with Gasteiger partial charge in [0.25, 0.3) is 30.1 Å². The van der Waals surface area contributed by atoms with Crippen LogP contribution in [0.15, 0.2) is 106 Å². The van der Waals surface area contributed by atoms with E-state index in [9.17, 15) is 25.3 Å². The Morgan fingerprint density at radius 2 is 0.607 bits per heavy atom. The fraction of sp³-hybridized carbons (Fsp3) is 0. The van der Waals surface area contributed by atoms with Crippen LogP contribution in [-0.2, 0) is 30.1 Å². The van der Waals surface area contributed by atoms with Crippen LogP contribution < -0.4 is 0 Å². The zero-order valence-electron chi connectivity index (χ0n) is 14.3.